The molecule has 0 aliphatic rings. The van der Waals surface area contributed by atoms with Gasteiger partial charge in [-0.1, -0.05) is 41.6 Å². The number of aryl methyl sites for hydroxylation is 1. The van der Waals surface area contributed by atoms with Gasteiger partial charge in [0.15, 0.2) is 0 Å². The second kappa shape index (κ2) is 7.94. The fourth-order valence-electron chi connectivity index (χ4n) is 2.57. The number of nitrogens with one attached hydrogen (secondary N) is 1. The largest absolute Gasteiger partial charge is 0.324 e. The molecule has 3 aromatic rings. The summed E-state index contributed by atoms with van der Waals surface area (Å²) in [7, 11) is 0. The van der Waals surface area contributed by atoms with Crippen molar-refractivity contribution in [2.24, 2.45) is 0 Å². The van der Waals surface area contributed by atoms with Gasteiger partial charge in [-0.05, 0) is 37.6 Å². The molecule has 1 atom stereocenters. The van der Waals surface area contributed by atoms with Gasteiger partial charge in [0.1, 0.15) is 0 Å². The topological polar surface area (TPSA) is 85.1 Å². The first-order chi connectivity index (χ1) is 12.8. The van der Waals surface area contributed by atoms with Crippen LogP contribution in [-0.2, 0) is 4.79 Å². The Morgan fingerprint density at radius 3 is 2.74 bits per heavy atom. The third kappa shape index (κ3) is 4.37. The van der Waals surface area contributed by atoms with Crippen LogP contribution in [0.5, 0.6) is 0 Å². The van der Waals surface area contributed by atoms with E-state index in [1.807, 2.05) is 37.3 Å². The van der Waals surface area contributed by atoms with Gasteiger partial charge < -0.3 is 5.32 Å². The average Bonchev–Trinajstić information content (AvgIpc) is 2.63. The van der Waals surface area contributed by atoms with E-state index in [2.05, 4.69) is 10.3 Å². The number of rotatable bonds is 5. The van der Waals surface area contributed by atoms with Crippen LogP contribution < -0.4 is 5.32 Å². The summed E-state index contributed by atoms with van der Waals surface area (Å²) in [6.07, 6.45) is 0. The maximum atomic E-state index is 12.5. The monoisotopic (exact) mass is 401 g/mol. The molecular weight excluding hydrogens is 386 g/mol. The smallest absolute Gasteiger partial charge is 0.271 e. The summed E-state index contributed by atoms with van der Waals surface area (Å²) in [6, 6.07) is 13.7. The van der Waals surface area contributed by atoms with Crippen molar-refractivity contribution in [1.29, 1.82) is 0 Å². The number of pyridine rings is 1. The van der Waals surface area contributed by atoms with Gasteiger partial charge in [-0.3, -0.25) is 14.9 Å². The number of hydrogen-bond acceptors (Lipinski definition) is 5. The van der Waals surface area contributed by atoms with Crippen molar-refractivity contribution in [3.8, 4) is 0 Å². The fourth-order valence-corrected chi connectivity index (χ4v) is 3.66. The van der Waals surface area contributed by atoms with Gasteiger partial charge in [-0.2, -0.15) is 0 Å². The number of hydrogen-bond donors (Lipinski definition) is 1. The molecule has 1 amide bonds. The molecule has 1 aromatic heterocycles. The molecule has 1 N–H and O–H groups in total. The molecule has 27 heavy (non-hydrogen) atoms. The summed E-state index contributed by atoms with van der Waals surface area (Å²) in [5.41, 5.74) is 2.03. The minimum absolute atomic E-state index is 0.137. The molecule has 0 saturated heterocycles. The number of carbonyl (C=O) groups excluding carboxylic acids is 1. The molecule has 0 spiro atoms. The lowest BCUT2D eigenvalue weighted by Gasteiger charge is -2.13. The predicted octanol–water partition coefficient (Wildman–Crippen LogP) is 5.22. The zero-order valence-electron chi connectivity index (χ0n) is 14.6. The third-order valence-corrected chi connectivity index (χ3v) is 5.33. The number of nitro benzene ring substituents is 1. The lowest BCUT2D eigenvalue weighted by molar-refractivity contribution is -0.384. The number of nitro groups is 1. The number of non-ortho nitro benzene ring substituents is 1. The van der Waals surface area contributed by atoms with Gasteiger partial charge in [0.2, 0.25) is 5.91 Å². The van der Waals surface area contributed by atoms with Crippen LogP contribution in [0.1, 0.15) is 12.5 Å². The molecule has 0 radical (unpaired) electrons. The van der Waals surface area contributed by atoms with Crippen LogP contribution in [0.4, 0.5) is 11.4 Å². The molecule has 0 saturated carbocycles. The maximum Gasteiger partial charge on any atom is 0.271 e. The van der Waals surface area contributed by atoms with Crippen LogP contribution in [-0.4, -0.2) is 21.1 Å². The molecule has 0 unspecified atom stereocenters. The molecular formula is C19H16ClN3O3S. The molecule has 6 nitrogen and oxygen atoms in total. The van der Waals surface area contributed by atoms with E-state index in [0.717, 1.165) is 21.5 Å². The number of halogens is 1. The number of fused-ring (bicyclic) bond motifs is 1. The second-order valence-electron chi connectivity index (χ2n) is 5.97. The van der Waals surface area contributed by atoms with E-state index in [4.69, 9.17) is 11.6 Å². The highest BCUT2D eigenvalue weighted by atomic mass is 35.5. The van der Waals surface area contributed by atoms with Crippen molar-refractivity contribution >= 4 is 51.5 Å². The van der Waals surface area contributed by atoms with E-state index in [9.17, 15) is 14.9 Å². The van der Waals surface area contributed by atoms with Gasteiger partial charge in [-0.25, -0.2) is 4.98 Å². The number of anilines is 1. The Bertz CT molecular complexity index is 1040. The molecule has 0 fully saturated rings. The van der Waals surface area contributed by atoms with E-state index in [-0.39, 0.29) is 22.3 Å². The van der Waals surface area contributed by atoms with Gasteiger partial charge in [0, 0.05) is 17.5 Å². The molecule has 0 aliphatic heterocycles. The highest BCUT2D eigenvalue weighted by molar-refractivity contribution is 8.00. The Morgan fingerprint density at radius 2 is 2.00 bits per heavy atom. The molecule has 1 heterocycles. The first-order valence-electron chi connectivity index (χ1n) is 8.13. The van der Waals surface area contributed by atoms with Gasteiger partial charge >= 0.3 is 0 Å². The van der Waals surface area contributed by atoms with Crippen LogP contribution in [0.2, 0.25) is 5.02 Å². The van der Waals surface area contributed by atoms with Crippen molar-refractivity contribution in [3.05, 3.63) is 69.2 Å². The first kappa shape index (κ1) is 19.1. The minimum Gasteiger partial charge on any atom is -0.324 e. The average molecular weight is 402 g/mol. The van der Waals surface area contributed by atoms with Crippen molar-refractivity contribution < 1.29 is 9.72 Å². The zero-order valence-corrected chi connectivity index (χ0v) is 16.2. The van der Waals surface area contributed by atoms with E-state index in [0.29, 0.717) is 0 Å². The Balaban J connectivity index is 1.77. The normalized spacial score (nSPS) is 12.0. The number of carbonyl (C=O) groups is 1. The summed E-state index contributed by atoms with van der Waals surface area (Å²) in [4.78, 5) is 27.5. The fraction of sp³-hybridized carbons (Fsp3) is 0.158. The summed E-state index contributed by atoms with van der Waals surface area (Å²) in [5, 5.41) is 15.1. The van der Waals surface area contributed by atoms with Crippen molar-refractivity contribution in [1.82, 2.24) is 4.98 Å². The van der Waals surface area contributed by atoms with Gasteiger partial charge in [-0.15, -0.1) is 0 Å². The number of thioether (sulfide) groups is 1. The Kier molecular flexibility index (Phi) is 5.62. The van der Waals surface area contributed by atoms with Crippen LogP contribution in [0, 0.1) is 17.0 Å². The summed E-state index contributed by atoms with van der Waals surface area (Å²) in [6.45, 7) is 3.75. The first-order valence-corrected chi connectivity index (χ1v) is 9.39. The van der Waals surface area contributed by atoms with Gasteiger partial charge in [0.05, 0.1) is 31.4 Å². The van der Waals surface area contributed by atoms with Crippen molar-refractivity contribution in [2.75, 3.05) is 5.32 Å². The summed E-state index contributed by atoms with van der Waals surface area (Å²) < 4.78 is 0. The molecule has 8 heteroatoms. The molecule has 2 aromatic carbocycles. The van der Waals surface area contributed by atoms with Crippen molar-refractivity contribution in [2.45, 2.75) is 24.1 Å². The van der Waals surface area contributed by atoms with E-state index < -0.39 is 10.2 Å². The number of para-hydroxylation sites is 1. The summed E-state index contributed by atoms with van der Waals surface area (Å²) >= 11 is 7.36. The number of nitrogens with zero attached hydrogens (tertiary/aromatic N) is 2. The maximum absolute atomic E-state index is 12.5. The van der Waals surface area contributed by atoms with E-state index in [1.165, 1.54) is 30.0 Å². The lowest BCUT2D eigenvalue weighted by Crippen LogP contribution is -2.22. The third-order valence-electron chi connectivity index (χ3n) is 3.98. The SMILES string of the molecule is Cc1cc(S[C@H](C)C(=O)Nc2cc([N+](=O)[O-])ccc2Cl)nc2ccccc12. The molecule has 0 aliphatic carbocycles. The standard InChI is InChI=1S/C19H16ClN3O3S/c1-11-9-18(21-16-6-4-3-5-14(11)16)27-12(2)19(24)22-17-10-13(23(25)26)7-8-15(17)20/h3-10,12H,1-2H3,(H,22,24)/t12-/m1/s1. The number of amides is 1. The van der Waals surface area contributed by atoms with Gasteiger partial charge in [0.25, 0.3) is 5.69 Å². The van der Waals surface area contributed by atoms with E-state index >= 15 is 0 Å². The second-order valence-corrected chi connectivity index (χ2v) is 7.73. The highest BCUT2D eigenvalue weighted by Gasteiger charge is 2.18. The van der Waals surface area contributed by atoms with Crippen LogP contribution in [0.3, 0.4) is 0 Å². The quantitative estimate of drug-likeness (QED) is 0.359. The molecule has 0 bridgehead atoms. The van der Waals surface area contributed by atoms with Crippen molar-refractivity contribution in [3.63, 3.8) is 0 Å². The molecule has 3 rings (SSSR count). The summed E-state index contributed by atoms with van der Waals surface area (Å²) in [5.74, 6) is -0.310. The number of aromatic nitrogens is 1. The Morgan fingerprint density at radius 1 is 1.26 bits per heavy atom. The minimum atomic E-state index is -0.536. The van der Waals surface area contributed by atoms with Crippen LogP contribution in [0.25, 0.3) is 10.9 Å². The van der Waals surface area contributed by atoms with E-state index in [1.54, 1.807) is 6.92 Å². The Hall–Kier alpha value is -2.64. The highest BCUT2D eigenvalue weighted by Crippen LogP contribution is 2.30. The zero-order chi connectivity index (χ0) is 19.6. The van der Waals surface area contributed by atoms with Crippen LogP contribution in [0.15, 0.2) is 53.6 Å². The van der Waals surface area contributed by atoms with Crippen LogP contribution >= 0.6 is 23.4 Å². The molecule has 138 valence electrons. The number of benzene rings is 2. The Labute approximate surface area is 165 Å². The predicted molar refractivity (Wildman–Crippen MR) is 109 cm³/mol. The lowest BCUT2D eigenvalue weighted by atomic mass is 10.1.